The molecule has 1 N–H and O–H groups in total. The Kier molecular flexibility index (Phi) is 5.01. The Labute approximate surface area is 124 Å². The molecule has 0 aromatic heterocycles. The highest BCUT2D eigenvalue weighted by Crippen LogP contribution is 2.20. The van der Waals surface area contributed by atoms with Gasteiger partial charge >= 0.3 is 0 Å². The van der Waals surface area contributed by atoms with E-state index in [0.29, 0.717) is 23.7 Å². The van der Waals surface area contributed by atoms with Gasteiger partial charge in [-0.3, -0.25) is 9.59 Å². The minimum Gasteiger partial charge on any atom is -0.342 e. The van der Waals surface area contributed by atoms with Gasteiger partial charge in [0.15, 0.2) is 0 Å². The highest BCUT2D eigenvalue weighted by atomic mass is 35.5. The predicted molar refractivity (Wildman–Crippen MR) is 79.7 cm³/mol. The molecule has 0 bridgehead atoms. The number of amides is 2. The number of nitrogens with zero attached hydrogens (tertiary/aromatic N) is 1. The molecule has 0 aliphatic carbocycles. The Morgan fingerprint density at radius 2 is 2.25 bits per heavy atom. The third kappa shape index (κ3) is 3.73. The second kappa shape index (κ2) is 6.75. The van der Waals surface area contributed by atoms with Crippen LogP contribution in [0, 0.1) is 5.92 Å². The summed E-state index contributed by atoms with van der Waals surface area (Å²) in [5.41, 5.74) is 0.696. The van der Waals surface area contributed by atoms with Gasteiger partial charge in [0.2, 0.25) is 11.8 Å². The first kappa shape index (κ1) is 14.9. The lowest BCUT2D eigenvalue weighted by Crippen LogP contribution is -2.43. The van der Waals surface area contributed by atoms with Gasteiger partial charge in [0.1, 0.15) is 0 Å². The molecule has 1 fully saturated rings. The number of rotatable bonds is 3. The molecule has 1 aromatic rings. The Morgan fingerprint density at radius 3 is 2.95 bits per heavy atom. The molecule has 0 saturated carbocycles. The monoisotopic (exact) mass is 294 g/mol. The van der Waals surface area contributed by atoms with Crippen molar-refractivity contribution in [3.05, 3.63) is 29.3 Å². The highest BCUT2D eigenvalue weighted by molar-refractivity contribution is 6.30. The molecule has 20 heavy (non-hydrogen) atoms. The maximum atomic E-state index is 12.2. The molecule has 1 aromatic carbocycles. The third-order valence-corrected chi connectivity index (χ3v) is 3.77. The molecule has 0 radical (unpaired) electrons. The van der Waals surface area contributed by atoms with E-state index >= 15 is 0 Å². The van der Waals surface area contributed by atoms with E-state index < -0.39 is 0 Å². The van der Waals surface area contributed by atoms with Gasteiger partial charge in [-0.25, -0.2) is 0 Å². The SMILES string of the molecule is CCC(=O)N1CCC[C@@H](C(=O)Nc2cccc(Cl)c2)C1. The Morgan fingerprint density at radius 1 is 1.45 bits per heavy atom. The number of benzene rings is 1. The summed E-state index contributed by atoms with van der Waals surface area (Å²) in [6.45, 7) is 3.12. The summed E-state index contributed by atoms with van der Waals surface area (Å²) in [5, 5.41) is 3.46. The lowest BCUT2D eigenvalue weighted by atomic mass is 9.96. The molecule has 0 spiro atoms. The van der Waals surface area contributed by atoms with E-state index in [0.717, 1.165) is 19.4 Å². The number of halogens is 1. The van der Waals surface area contributed by atoms with Crippen molar-refractivity contribution in [2.75, 3.05) is 18.4 Å². The summed E-state index contributed by atoms with van der Waals surface area (Å²) in [6, 6.07) is 7.09. The van der Waals surface area contributed by atoms with E-state index in [-0.39, 0.29) is 17.7 Å². The van der Waals surface area contributed by atoms with Crippen molar-refractivity contribution < 1.29 is 9.59 Å². The molecule has 1 aliphatic rings. The summed E-state index contributed by atoms with van der Waals surface area (Å²) in [6.07, 6.45) is 2.18. The van der Waals surface area contributed by atoms with Crippen molar-refractivity contribution >= 4 is 29.1 Å². The number of carbonyl (C=O) groups is 2. The summed E-state index contributed by atoms with van der Waals surface area (Å²) in [4.78, 5) is 25.7. The molecular weight excluding hydrogens is 276 g/mol. The van der Waals surface area contributed by atoms with E-state index in [1.165, 1.54) is 0 Å². The maximum Gasteiger partial charge on any atom is 0.229 e. The zero-order chi connectivity index (χ0) is 14.5. The number of hydrogen-bond donors (Lipinski definition) is 1. The number of anilines is 1. The molecule has 2 amide bonds. The molecule has 1 saturated heterocycles. The quantitative estimate of drug-likeness (QED) is 0.932. The van der Waals surface area contributed by atoms with Gasteiger partial charge in [-0.2, -0.15) is 0 Å². The van der Waals surface area contributed by atoms with Gasteiger partial charge in [0.25, 0.3) is 0 Å². The van der Waals surface area contributed by atoms with Crippen LogP contribution in [0.4, 0.5) is 5.69 Å². The molecular formula is C15H19ClN2O2. The number of piperidine rings is 1. The Hall–Kier alpha value is -1.55. The molecule has 0 unspecified atom stereocenters. The first-order valence-electron chi connectivity index (χ1n) is 6.94. The Bertz CT molecular complexity index is 504. The van der Waals surface area contributed by atoms with Crippen LogP contribution in [0.3, 0.4) is 0 Å². The zero-order valence-corrected chi connectivity index (χ0v) is 12.3. The van der Waals surface area contributed by atoms with Crippen LogP contribution in [0.15, 0.2) is 24.3 Å². The predicted octanol–water partition coefficient (Wildman–Crippen LogP) is 2.93. The zero-order valence-electron chi connectivity index (χ0n) is 11.6. The van der Waals surface area contributed by atoms with Gasteiger partial charge in [-0.1, -0.05) is 24.6 Å². The minimum atomic E-state index is -0.141. The van der Waals surface area contributed by atoms with Gasteiger partial charge in [-0.15, -0.1) is 0 Å². The highest BCUT2D eigenvalue weighted by Gasteiger charge is 2.27. The first-order valence-corrected chi connectivity index (χ1v) is 7.32. The van der Waals surface area contributed by atoms with E-state index in [2.05, 4.69) is 5.32 Å². The summed E-state index contributed by atoms with van der Waals surface area (Å²) >= 11 is 5.89. The van der Waals surface area contributed by atoms with E-state index in [1.54, 1.807) is 23.1 Å². The summed E-state index contributed by atoms with van der Waals surface area (Å²) in [7, 11) is 0. The molecule has 1 aliphatic heterocycles. The van der Waals surface area contributed by atoms with Gasteiger partial charge in [0.05, 0.1) is 5.92 Å². The fourth-order valence-electron chi connectivity index (χ4n) is 2.45. The number of nitrogens with one attached hydrogen (secondary N) is 1. The van der Waals surface area contributed by atoms with Crippen molar-refractivity contribution in [1.29, 1.82) is 0 Å². The summed E-state index contributed by atoms with van der Waals surface area (Å²) < 4.78 is 0. The second-order valence-electron chi connectivity index (χ2n) is 5.03. The van der Waals surface area contributed by atoms with Gasteiger partial charge in [-0.05, 0) is 31.0 Å². The van der Waals surface area contributed by atoms with Gasteiger partial charge in [0, 0.05) is 30.2 Å². The fourth-order valence-corrected chi connectivity index (χ4v) is 2.64. The van der Waals surface area contributed by atoms with Crippen LogP contribution in [-0.2, 0) is 9.59 Å². The molecule has 2 rings (SSSR count). The fraction of sp³-hybridized carbons (Fsp3) is 0.467. The normalized spacial score (nSPS) is 18.7. The molecule has 1 atom stereocenters. The van der Waals surface area contributed by atoms with Gasteiger partial charge < -0.3 is 10.2 Å². The number of hydrogen-bond acceptors (Lipinski definition) is 2. The average molecular weight is 295 g/mol. The lowest BCUT2D eigenvalue weighted by Gasteiger charge is -2.31. The van der Waals surface area contributed by atoms with Crippen LogP contribution < -0.4 is 5.32 Å². The van der Waals surface area contributed by atoms with Crippen molar-refractivity contribution in [3.8, 4) is 0 Å². The van der Waals surface area contributed by atoms with Crippen LogP contribution in [0.1, 0.15) is 26.2 Å². The largest absolute Gasteiger partial charge is 0.342 e. The van der Waals surface area contributed by atoms with Crippen molar-refractivity contribution in [1.82, 2.24) is 4.90 Å². The molecule has 5 heteroatoms. The van der Waals surface area contributed by atoms with E-state index in [4.69, 9.17) is 11.6 Å². The van der Waals surface area contributed by atoms with Crippen molar-refractivity contribution in [2.45, 2.75) is 26.2 Å². The van der Waals surface area contributed by atoms with Crippen molar-refractivity contribution in [3.63, 3.8) is 0 Å². The van der Waals surface area contributed by atoms with E-state index in [9.17, 15) is 9.59 Å². The topological polar surface area (TPSA) is 49.4 Å². The van der Waals surface area contributed by atoms with Crippen LogP contribution in [0.5, 0.6) is 0 Å². The first-order chi connectivity index (χ1) is 9.60. The number of likely N-dealkylation sites (tertiary alicyclic amines) is 1. The lowest BCUT2D eigenvalue weighted by molar-refractivity contribution is -0.134. The second-order valence-corrected chi connectivity index (χ2v) is 5.47. The van der Waals surface area contributed by atoms with Crippen LogP contribution in [0.25, 0.3) is 0 Å². The summed E-state index contributed by atoms with van der Waals surface area (Å²) in [5.74, 6) is -0.0654. The Balaban J connectivity index is 1.97. The average Bonchev–Trinajstić information content (AvgIpc) is 2.46. The molecule has 4 nitrogen and oxygen atoms in total. The standard InChI is InChI=1S/C15H19ClN2O2/c1-2-14(19)18-8-4-5-11(10-18)15(20)17-13-7-3-6-12(16)9-13/h3,6-7,9,11H,2,4-5,8,10H2,1H3,(H,17,20)/t11-/m1/s1. The van der Waals surface area contributed by atoms with Crippen LogP contribution >= 0.6 is 11.6 Å². The van der Waals surface area contributed by atoms with Crippen LogP contribution in [-0.4, -0.2) is 29.8 Å². The van der Waals surface area contributed by atoms with Crippen molar-refractivity contribution in [2.24, 2.45) is 5.92 Å². The molecule has 108 valence electrons. The third-order valence-electron chi connectivity index (χ3n) is 3.54. The minimum absolute atomic E-state index is 0.0409. The number of carbonyl (C=O) groups excluding carboxylic acids is 2. The maximum absolute atomic E-state index is 12.2. The van der Waals surface area contributed by atoms with E-state index in [1.807, 2.05) is 13.0 Å². The van der Waals surface area contributed by atoms with Crippen LogP contribution in [0.2, 0.25) is 5.02 Å². The smallest absolute Gasteiger partial charge is 0.229 e. The molecule has 1 heterocycles.